The van der Waals surface area contributed by atoms with Crippen molar-refractivity contribution in [1.29, 1.82) is 0 Å². The summed E-state index contributed by atoms with van der Waals surface area (Å²) in [4.78, 5) is 10.8. The Labute approximate surface area is 89.1 Å². The van der Waals surface area contributed by atoms with E-state index in [0.29, 0.717) is 16.6 Å². The Morgan fingerprint density at radius 2 is 2.21 bits per heavy atom. The number of aryl methyl sites for hydroxylation is 1. The van der Waals surface area contributed by atoms with Crippen LogP contribution < -0.4 is 0 Å². The molecule has 3 nitrogen and oxygen atoms in total. The molecular weight excluding hydrogens is 200 g/mol. The lowest BCUT2D eigenvalue weighted by atomic mass is 10.2. The molecule has 4 heteroatoms. The van der Waals surface area contributed by atoms with Gasteiger partial charge >= 0.3 is 0 Å². The van der Waals surface area contributed by atoms with Gasteiger partial charge in [-0.1, -0.05) is 32.4 Å². The zero-order valence-electron chi connectivity index (χ0n) is 8.75. The highest BCUT2D eigenvalue weighted by atomic mass is 35.5. The van der Waals surface area contributed by atoms with Crippen molar-refractivity contribution in [2.75, 3.05) is 0 Å². The van der Waals surface area contributed by atoms with Gasteiger partial charge in [-0.3, -0.25) is 9.48 Å². The lowest BCUT2D eigenvalue weighted by Gasteiger charge is -2.05. The summed E-state index contributed by atoms with van der Waals surface area (Å²) in [6, 6.07) is 0. The average Bonchev–Trinajstić information content (AvgIpc) is 2.42. The second-order valence-corrected chi connectivity index (χ2v) is 4.06. The number of carbonyl (C=O) groups excluding carboxylic acids is 1. The van der Waals surface area contributed by atoms with Gasteiger partial charge in [0.05, 0.1) is 11.3 Å². The molecule has 0 spiro atoms. The van der Waals surface area contributed by atoms with Gasteiger partial charge in [-0.05, 0) is 12.3 Å². The molecule has 0 N–H and O–H groups in total. The van der Waals surface area contributed by atoms with Crippen molar-refractivity contribution in [2.24, 2.45) is 5.92 Å². The topological polar surface area (TPSA) is 34.9 Å². The number of nitrogens with zero attached hydrogens (tertiary/aromatic N) is 2. The Morgan fingerprint density at radius 3 is 2.57 bits per heavy atom. The van der Waals surface area contributed by atoms with Gasteiger partial charge in [-0.2, -0.15) is 5.10 Å². The molecule has 0 atom stereocenters. The van der Waals surface area contributed by atoms with Crippen molar-refractivity contribution < 1.29 is 4.79 Å². The number of hydrogen-bond acceptors (Lipinski definition) is 2. The zero-order valence-corrected chi connectivity index (χ0v) is 9.51. The van der Waals surface area contributed by atoms with Gasteiger partial charge in [-0.25, -0.2) is 0 Å². The summed E-state index contributed by atoms with van der Waals surface area (Å²) < 4.78 is 1.70. The molecular formula is C10H15ClN2O. The van der Waals surface area contributed by atoms with Crippen LogP contribution in [0.2, 0.25) is 5.15 Å². The van der Waals surface area contributed by atoms with Gasteiger partial charge in [0, 0.05) is 6.54 Å². The number of aldehydes is 1. The van der Waals surface area contributed by atoms with E-state index >= 15 is 0 Å². The van der Waals surface area contributed by atoms with Crippen LogP contribution in [0.3, 0.4) is 0 Å². The fraction of sp³-hybridized carbons (Fsp3) is 0.600. The van der Waals surface area contributed by atoms with E-state index in [0.717, 1.165) is 24.9 Å². The molecule has 0 aliphatic rings. The molecule has 0 bridgehead atoms. The number of rotatable bonds is 4. The quantitative estimate of drug-likeness (QED) is 0.723. The Balaban J connectivity index is 3.07. The smallest absolute Gasteiger partial charge is 0.155 e. The molecule has 0 aliphatic carbocycles. The highest BCUT2D eigenvalue weighted by Crippen LogP contribution is 2.19. The van der Waals surface area contributed by atoms with Gasteiger partial charge in [0.1, 0.15) is 5.15 Å². The van der Waals surface area contributed by atoms with Crippen LogP contribution in [0.4, 0.5) is 0 Å². The minimum Gasteiger partial charge on any atom is -0.298 e. The zero-order chi connectivity index (χ0) is 10.7. The minimum absolute atomic E-state index is 0.463. The lowest BCUT2D eigenvalue weighted by Crippen LogP contribution is -2.06. The van der Waals surface area contributed by atoms with Crippen LogP contribution in [0, 0.1) is 5.92 Å². The fourth-order valence-corrected chi connectivity index (χ4v) is 1.61. The summed E-state index contributed by atoms with van der Waals surface area (Å²) in [5.74, 6) is 0.469. The van der Waals surface area contributed by atoms with Gasteiger partial charge in [-0.15, -0.1) is 0 Å². The van der Waals surface area contributed by atoms with Crippen molar-refractivity contribution in [1.82, 2.24) is 9.78 Å². The normalized spacial score (nSPS) is 10.9. The summed E-state index contributed by atoms with van der Waals surface area (Å²) in [6.07, 6.45) is 1.52. The third-order valence-corrected chi connectivity index (χ3v) is 2.39. The standard InChI is InChI=1S/C10H15ClN2O/c1-4-9-8(6-14)10(11)13(12-9)5-7(2)3/h6-7H,4-5H2,1-3H3. The molecule has 0 aromatic carbocycles. The van der Waals surface area contributed by atoms with E-state index in [1.807, 2.05) is 6.92 Å². The van der Waals surface area contributed by atoms with E-state index in [9.17, 15) is 4.79 Å². The maximum absolute atomic E-state index is 10.8. The minimum atomic E-state index is 0.463. The van der Waals surface area contributed by atoms with Gasteiger partial charge < -0.3 is 0 Å². The van der Waals surface area contributed by atoms with Crippen LogP contribution in [0.25, 0.3) is 0 Å². The van der Waals surface area contributed by atoms with Crippen LogP contribution in [-0.4, -0.2) is 16.1 Å². The van der Waals surface area contributed by atoms with Gasteiger partial charge in [0.15, 0.2) is 6.29 Å². The first kappa shape index (κ1) is 11.2. The second-order valence-electron chi connectivity index (χ2n) is 3.70. The van der Waals surface area contributed by atoms with Crippen LogP contribution in [-0.2, 0) is 13.0 Å². The summed E-state index contributed by atoms with van der Waals surface area (Å²) in [6.45, 7) is 6.89. The third-order valence-electron chi connectivity index (χ3n) is 1.99. The molecule has 14 heavy (non-hydrogen) atoms. The first-order valence-electron chi connectivity index (χ1n) is 4.80. The highest BCUT2D eigenvalue weighted by Gasteiger charge is 2.14. The summed E-state index contributed by atoms with van der Waals surface area (Å²) in [7, 11) is 0. The predicted molar refractivity (Wildman–Crippen MR) is 56.8 cm³/mol. The van der Waals surface area contributed by atoms with E-state index in [4.69, 9.17) is 11.6 Å². The van der Waals surface area contributed by atoms with Crippen molar-refractivity contribution >= 4 is 17.9 Å². The molecule has 0 saturated heterocycles. The molecule has 0 fully saturated rings. The number of carbonyl (C=O) groups is 1. The van der Waals surface area contributed by atoms with E-state index < -0.39 is 0 Å². The molecule has 1 aromatic rings. The lowest BCUT2D eigenvalue weighted by molar-refractivity contribution is 0.112. The van der Waals surface area contributed by atoms with Crippen molar-refractivity contribution in [3.8, 4) is 0 Å². The van der Waals surface area contributed by atoms with Crippen LogP contribution >= 0.6 is 11.6 Å². The Bertz CT molecular complexity index is 331. The average molecular weight is 215 g/mol. The van der Waals surface area contributed by atoms with Gasteiger partial charge in [0.25, 0.3) is 0 Å². The first-order valence-corrected chi connectivity index (χ1v) is 5.18. The van der Waals surface area contributed by atoms with Crippen molar-refractivity contribution in [3.63, 3.8) is 0 Å². The number of hydrogen-bond donors (Lipinski definition) is 0. The Morgan fingerprint density at radius 1 is 1.57 bits per heavy atom. The van der Waals surface area contributed by atoms with E-state index in [1.165, 1.54) is 0 Å². The Kier molecular flexibility index (Phi) is 3.69. The molecule has 0 radical (unpaired) electrons. The van der Waals surface area contributed by atoms with E-state index in [2.05, 4.69) is 18.9 Å². The van der Waals surface area contributed by atoms with Crippen molar-refractivity contribution in [3.05, 3.63) is 16.4 Å². The van der Waals surface area contributed by atoms with Crippen molar-refractivity contribution in [2.45, 2.75) is 33.7 Å². The Hall–Kier alpha value is -0.830. The molecule has 0 saturated carbocycles. The molecule has 78 valence electrons. The highest BCUT2D eigenvalue weighted by molar-refractivity contribution is 6.32. The second kappa shape index (κ2) is 4.60. The van der Waals surface area contributed by atoms with Gasteiger partial charge in [0.2, 0.25) is 0 Å². The molecule has 1 heterocycles. The maximum atomic E-state index is 10.8. The van der Waals surface area contributed by atoms with E-state index in [-0.39, 0.29) is 0 Å². The molecule has 0 aliphatic heterocycles. The van der Waals surface area contributed by atoms with Crippen LogP contribution in [0.5, 0.6) is 0 Å². The SMILES string of the molecule is CCc1nn(CC(C)C)c(Cl)c1C=O. The maximum Gasteiger partial charge on any atom is 0.155 e. The predicted octanol–water partition coefficient (Wildman–Crippen LogP) is 2.57. The molecule has 1 rings (SSSR count). The number of halogens is 1. The molecule has 0 amide bonds. The molecule has 0 unspecified atom stereocenters. The first-order chi connectivity index (χ1) is 6.60. The fourth-order valence-electron chi connectivity index (χ4n) is 1.35. The van der Waals surface area contributed by atoms with Crippen LogP contribution in [0.15, 0.2) is 0 Å². The molecule has 1 aromatic heterocycles. The third kappa shape index (κ3) is 2.15. The number of aromatic nitrogens is 2. The monoisotopic (exact) mass is 214 g/mol. The van der Waals surface area contributed by atoms with E-state index in [1.54, 1.807) is 4.68 Å². The summed E-state index contributed by atoms with van der Waals surface area (Å²) in [5.41, 5.74) is 1.32. The summed E-state index contributed by atoms with van der Waals surface area (Å²) in [5, 5.41) is 4.76. The summed E-state index contributed by atoms with van der Waals surface area (Å²) >= 11 is 6.02. The largest absolute Gasteiger partial charge is 0.298 e. The van der Waals surface area contributed by atoms with Crippen LogP contribution in [0.1, 0.15) is 36.8 Å².